The van der Waals surface area contributed by atoms with Crippen molar-refractivity contribution >= 4 is 5.91 Å². The van der Waals surface area contributed by atoms with Gasteiger partial charge in [0.05, 0.1) is 13.7 Å². The van der Waals surface area contributed by atoms with Crippen molar-refractivity contribution in [2.24, 2.45) is 5.73 Å². The van der Waals surface area contributed by atoms with Crippen LogP contribution in [0, 0.1) is 13.8 Å². The molecule has 0 radical (unpaired) electrons. The maximum Gasteiger partial charge on any atom is 0.239 e. The molecule has 0 saturated carbocycles. The van der Waals surface area contributed by atoms with Gasteiger partial charge < -0.3 is 20.9 Å². The van der Waals surface area contributed by atoms with E-state index in [4.69, 9.17) is 15.6 Å². The molecule has 5 nitrogen and oxygen atoms in total. The quantitative estimate of drug-likeness (QED) is 0.691. The van der Waals surface area contributed by atoms with E-state index < -0.39 is 6.04 Å². The van der Waals surface area contributed by atoms with Crippen molar-refractivity contribution in [1.29, 1.82) is 0 Å². The van der Waals surface area contributed by atoms with Gasteiger partial charge in [-0.15, -0.1) is 0 Å². The molecule has 5 heteroatoms. The van der Waals surface area contributed by atoms with Crippen molar-refractivity contribution in [1.82, 2.24) is 5.32 Å². The van der Waals surface area contributed by atoms with Crippen LogP contribution < -0.4 is 15.8 Å². The van der Waals surface area contributed by atoms with Gasteiger partial charge in [0.1, 0.15) is 11.8 Å². The monoisotopic (exact) mass is 266 g/mol. The van der Waals surface area contributed by atoms with E-state index in [2.05, 4.69) is 11.4 Å². The summed E-state index contributed by atoms with van der Waals surface area (Å²) in [4.78, 5) is 11.4. The molecule has 0 bridgehead atoms. The zero-order valence-corrected chi connectivity index (χ0v) is 11.7. The summed E-state index contributed by atoms with van der Waals surface area (Å²) in [5, 5.41) is 11.5. The van der Waals surface area contributed by atoms with Crippen molar-refractivity contribution < 1.29 is 14.6 Å². The summed E-state index contributed by atoms with van der Waals surface area (Å²) in [6.45, 7) is 4.15. The summed E-state index contributed by atoms with van der Waals surface area (Å²) in [6.07, 6.45) is 0.666. The molecular weight excluding hydrogens is 244 g/mol. The minimum Gasteiger partial charge on any atom is -0.496 e. The molecule has 1 amide bonds. The molecule has 0 aliphatic heterocycles. The molecule has 1 aromatic carbocycles. The predicted octanol–water partition coefficient (Wildman–Crippen LogP) is 0.290. The Hall–Kier alpha value is -1.59. The van der Waals surface area contributed by atoms with E-state index in [0.717, 1.165) is 22.4 Å². The Morgan fingerprint density at radius 3 is 2.74 bits per heavy atom. The molecule has 0 saturated heterocycles. The zero-order chi connectivity index (χ0) is 14.4. The Morgan fingerprint density at radius 1 is 1.47 bits per heavy atom. The normalized spacial score (nSPS) is 12.1. The van der Waals surface area contributed by atoms with Gasteiger partial charge in [0.2, 0.25) is 5.91 Å². The number of hydrogen-bond donors (Lipinski definition) is 3. The van der Waals surface area contributed by atoms with Crippen LogP contribution in [0.25, 0.3) is 0 Å². The fourth-order valence-electron chi connectivity index (χ4n) is 1.99. The Labute approximate surface area is 113 Å². The highest BCUT2D eigenvalue weighted by molar-refractivity contribution is 5.81. The first-order valence-corrected chi connectivity index (χ1v) is 6.27. The Bertz CT molecular complexity index is 447. The van der Waals surface area contributed by atoms with Crippen LogP contribution in [0.4, 0.5) is 0 Å². The number of methoxy groups -OCH3 is 1. The smallest absolute Gasteiger partial charge is 0.239 e. The van der Waals surface area contributed by atoms with E-state index in [9.17, 15) is 4.79 Å². The average Bonchev–Trinajstić information content (AvgIpc) is 2.39. The fourth-order valence-corrected chi connectivity index (χ4v) is 1.99. The Balaban J connectivity index is 2.65. The van der Waals surface area contributed by atoms with Crippen molar-refractivity contribution in [3.63, 3.8) is 0 Å². The van der Waals surface area contributed by atoms with Crippen LogP contribution in [-0.2, 0) is 11.2 Å². The first kappa shape index (κ1) is 15.5. The number of amides is 1. The van der Waals surface area contributed by atoms with Gasteiger partial charge in [-0.2, -0.15) is 0 Å². The highest BCUT2D eigenvalue weighted by Gasteiger charge is 2.12. The van der Waals surface area contributed by atoms with Crippen molar-refractivity contribution in [2.75, 3.05) is 20.3 Å². The molecule has 4 N–H and O–H groups in total. The number of nitrogens with two attached hydrogens (primary N) is 1. The molecule has 19 heavy (non-hydrogen) atoms. The number of aryl methyl sites for hydroxylation is 2. The maximum atomic E-state index is 11.4. The molecule has 1 atom stereocenters. The number of aliphatic hydroxyl groups is 1. The van der Waals surface area contributed by atoms with E-state index in [-0.39, 0.29) is 12.5 Å². The van der Waals surface area contributed by atoms with Crippen LogP contribution in [0.5, 0.6) is 5.75 Å². The van der Waals surface area contributed by atoms with Crippen molar-refractivity contribution in [2.45, 2.75) is 26.3 Å². The maximum absolute atomic E-state index is 11.4. The lowest BCUT2D eigenvalue weighted by Gasteiger charge is -2.14. The van der Waals surface area contributed by atoms with E-state index in [1.165, 1.54) is 0 Å². The number of rotatable bonds is 6. The highest BCUT2D eigenvalue weighted by Crippen LogP contribution is 2.24. The van der Waals surface area contributed by atoms with Gasteiger partial charge >= 0.3 is 0 Å². The van der Waals surface area contributed by atoms with Gasteiger partial charge in [0.25, 0.3) is 0 Å². The molecule has 0 aromatic heterocycles. The van der Waals surface area contributed by atoms with Gasteiger partial charge in [0.15, 0.2) is 0 Å². The molecule has 0 spiro atoms. The molecular formula is C14H22N2O3. The topological polar surface area (TPSA) is 84.6 Å². The number of carbonyl (C=O) groups excluding carboxylic acids is 1. The molecule has 0 heterocycles. The molecule has 1 aromatic rings. The molecule has 0 fully saturated rings. The van der Waals surface area contributed by atoms with E-state index in [0.29, 0.717) is 13.0 Å². The predicted molar refractivity (Wildman–Crippen MR) is 74.2 cm³/mol. The third-order valence-electron chi connectivity index (χ3n) is 3.00. The van der Waals surface area contributed by atoms with E-state index in [1.54, 1.807) is 7.11 Å². The summed E-state index contributed by atoms with van der Waals surface area (Å²) < 4.78 is 5.36. The third kappa shape index (κ3) is 4.22. The summed E-state index contributed by atoms with van der Waals surface area (Å²) in [7, 11) is 1.64. The second-order valence-corrected chi connectivity index (χ2v) is 4.59. The van der Waals surface area contributed by atoms with Crippen LogP contribution in [0.3, 0.4) is 0 Å². The van der Waals surface area contributed by atoms with E-state index in [1.807, 2.05) is 19.9 Å². The number of carbonyl (C=O) groups is 1. The second-order valence-electron chi connectivity index (χ2n) is 4.59. The number of ether oxygens (including phenoxy) is 1. The van der Waals surface area contributed by atoms with Gasteiger partial charge in [-0.05, 0) is 43.0 Å². The fraction of sp³-hybridized carbons (Fsp3) is 0.500. The lowest BCUT2D eigenvalue weighted by Crippen LogP contribution is -2.43. The standard InChI is InChI=1S/C14H22N2O3/c1-9-6-10(2)11(13(7-9)19-3)4-5-16-14(18)12(15)8-17/h6-7,12,17H,4-5,8,15H2,1-3H3,(H,16,18). The summed E-state index contributed by atoms with van der Waals surface area (Å²) >= 11 is 0. The summed E-state index contributed by atoms with van der Waals surface area (Å²) in [6, 6.07) is 3.20. The first-order valence-electron chi connectivity index (χ1n) is 6.27. The zero-order valence-electron chi connectivity index (χ0n) is 11.7. The van der Waals surface area contributed by atoms with Gasteiger partial charge in [-0.1, -0.05) is 6.07 Å². The molecule has 0 aliphatic carbocycles. The largest absolute Gasteiger partial charge is 0.496 e. The van der Waals surface area contributed by atoms with Crippen molar-refractivity contribution in [3.05, 3.63) is 28.8 Å². The minimum absolute atomic E-state index is 0.341. The van der Waals surface area contributed by atoms with Crippen LogP contribution in [0.2, 0.25) is 0 Å². The van der Waals surface area contributed by atoms with Crippen LogP contribution in [0.1, 0.15) is 16.7 Å². The number of hydrogen-bond acceptors (Lipinski definition) is 4. The second kappa shape index (κ2) is 7.11. The SMILES string of the molecule is COc1cc(C)cc(C)c1CCNC(=O)C(N)CO. The molecule has 1 unspecified atom stereocenters. The number of benzene rings is 1. The van der Waals surface area contributed by atoms with Crippen LogP contribution >= 0.6 is 0 Å². The minimum atomic E-state index is -0.860. The Kier molecular flexibility index (Phi) is 5.79. The number of aliphatic hydroxyl groups excluding tert-OH is 1. The van der Waals surface area contributed by atoms with E-state index >= 15 is 0 Å². The van der Waals surface area contributed by atoms with Crippen molar-refractivity contribution in [3.8, 4) is 5.75 Å². The first-order chi connectivity index (χ1) is 8.99. The van der Waals surface area contributed by atoms with Crippen LogP contribution in [-0.4, -0.2) is 37.3 Å². The summed E-state index contributed by atoms with van der Waals surface area (Å²) in [5.41, 5.74) is 8.77. The number of nitrogens with one attached hydrogen (secondary N) is 1. The molecule has 1 rings (SSSR count). The Morgan fingerprint density at radius 2 is 2.16 bits per heavy atom. The third-order valence-corrected chi connectivity index (χ3v) is 3.00. The molecule has 0 aliphatic rings. The molecule has 106 valence electrons. The average molecular weight is 266 g/mol. The highest BCUT2D eigenvalue weighted by atomic mass is 16.5. The van der Waals surface area contributed by atoms with Crippen LogP contribution in [0.15, 0.2) is 12.1 Å². The lowest BCUT2D eigenvalue weighted by atomic mass is 10.0. The summed E-state index contributed by atoms with van der Waals surface area (Å²) in [5.74, 6) is 0.490. The lowest BCUT2D eigenvalue weighted by molar-refractivity contribution is -0.123. The van der Waals surface area contributed by atoms with Gasteiger partial charge in [0, 0.05) is 6.54 Å². The van der Waals surface area contributed by atoms with Gasteiger partial charge in [-0.25, -0.2) is 0 Å². The van der Waals surface area contributed by atoms with Gasteiger partial charge in [-0.3, -0.25) is 4.79 Å².